The van der Waals surface area contributed by atoms with Crippen LogP contribution < -0.4 is 5.32 Å². The molecule has 0 aromatic heterocycles. The van der Waals surface area contributed by atoms with E-state index in [2.05, 4.69) is 24.3 Å². The van der Waals surface area contributed by atoms with Gasteiger partial charge in [-0.05, 0) is 26.9 Å². The highest BCUT2D eigenvalue weighted by atomic mass is 16.1. The van der Waals surface area contributed by atoms with Gasteiger partial charge in [-0.3, -0.25) is 4.79 Å². The molecular formula is C10H20N2O. The first kappa shape index (κ1) is 10.5. The van der Waals surface area contributed by atoms with Gasteiger partial charge < -0.3 is 10.2 Å². The molecule has 13 heavy (non-hydrogen) atoms. The summed E-state index contributed by atoms with van der Waals surface area (Å²) in [6, 6.07) is 0.888. The molecule has 1 rings (SSSR count). The zero-order valence-electron chi connectivity index (χ0n) is 8.84. The fourth-order valence-electron chi connectivity index (χ4n) is 2.16. The highest BCUT2D eigenvalue weighted by molar-refractivity contribution is 5.73. The molecule has 0 spiro atoms. The first-order valence-corrected chi connectivity index (χ1v) is 5.05. The molecular weight excluding hydrogens is 164 g/mol. The summed E-state index contributed by atoms with van der Waals surface area (Å²) in [5, 5.41) is 3.03. The van der Waals surface area contributed by atoms with Crippen LogP contribution >= 0.6 is 0 Å². The molecule has 3 heteroatoms. The molecule has 0 aliphatic heterocycles. The van der Waals surface area contributed by atoms with Crippen molar-refractivity contribution in [1.29, 1.82) is 0 Å². The molecule has 0 saturated heterocycles. The third-order valence-corrected chi connectivity index (χ3v) is 2.78. The van der Waals surface area contributed by atoms with Crippen molar-refractivity contribution >= 4 is 5.91 Å². The molecule has 1 saturated carbocycles. The summed E-state index contributed by atoms with van der Waals surface area (Å²) < 4.78 is 0. The van der Waals surface area contributed by atoms with Gasteiger partial charge in [0.1, 0.15) is 0 Å². The van der Waals surface area contributed by atoms with E-state index < -0.39 is 0 Å². The van der Waals surface area contributed by atoms with Crippen LogP contribution in [0, 0.1) is 0 Å². The van der Waals surface area contributed by atoms with Gasteiger partial charge in [-0.15, -0.1) is 0 Å². The zero-order valence-corrected chi connectivity index (χ0v) is 8.84. The van der Waals surface area contributed by atoms with Crippen molar-refractivity contribution in [1.82, 2.24) is 10.2 Å². The minimum absolute atomic E-state index is 0.0961. The van der Waals surface area contributed by atoms with Gasteiger partial charge in [-0.25, -0.2) is 0 Å². The maximum atomic E-state index is 11.0. The molecule has 0 unspecified atom stereocenters. The number of carbonyl (C=O) groups excluding carboxylic acids is 1. The third-order valence-electron chi connectivity index (χ3n) is 2.78. The Morgan fingerprint density at radius 2 is 1.92 bits per heavy atom. The maximum absolute atomic E-state index is 11.0. The topological polar surface area (TPSA) is 32.3 Å². The van der Waals surface area contributed by atoms with Crippen LogP contribution in [0.25, 0.3) is 0 Å². The molecule has 1 N–H and O–H groups in total. The zero-order chi connectivity index (χ0) is 9.84. The Hall–Kier alpha value is -0.570. The van der Waals surface area contributed by atoms with Gasteiger partial charge in [0, 0.05) is 19.0 Å². The first-order chi connectivity index (χ1) is 6.11. The summed E-state index contributed by atoms with van der Waals surface area (Å²) in [6.45, 7) is 1.60. The van der Waals surface area contributed by atoms with Crippen LogP contribution in [0.5, 0.6) is 0 Å². The maximum Gasteiger partial charge on any atom is 0.217 e. The summed E-state index contributed by atoms with van der Waals surface area (Å²) in [7, 11) is 4.18. The molecule has 0 aromatic carbocycles. The second-order valence-corrected chi connectivity index (χ2v) is 4.12. The van der Waals surface area contributed by atoms with Crippen molar-refractivity contribution in [2.24, 2.45) is 0 Å². The highest BCUT2D eigenvalue weighted by Crippen LogP contribution is 2.21. The predicted molar refractivity (Wildman–Crippen MR) is 53.5 cm³/mol. The van der Waals surface area contributed by atoms with Crippen molar-refractivity contribution < 1.29 is 4.79 Å². The molecule has 1 amide bonds. The molecule has 0 aromatic rings. The Balaban J connectivity index is 2.51. The number of likely N-dealkylation sites (N-methyl/N-ethyl adjacent to an activating group) is 1. The van der Waals surface area contributed by atoms with Gasteiger partial charge in [0.25, 0.3) is 0 Å². The molecule has 0 radical (unpaired) electrons. The molecule has 0 heterocycles. The van der Waals surface area contributed by atoms with Crippen molar-refractivity contribution in [2.75, 3.05) is 14.1 Å². The van der Waals surface area contributed by atoms with E-state index in [4.69, 9.17) is 0 Å². The van der Waals surface area contributed by atoms with Crippen molar-refractivity contribution in [3.8, 4) is 0 Å². The van der Waals surface area contributed by atoms with E-state index in [1.165, 1.54) is 19.3 Å². The standard InChI is InChI=1S/C10H20N2O/c1-8(13)11-9-6-4-5-7-10(9)12(2)3/h9-10H,4-7H2,1-3H3,(H,11,13)/t9-,10-/m1/s1. The number of amides is 1. The Labute approximate surface area is 80.5 Å². The lowest BCUT2D eigenvalue weighted by molar-refractivity contribution is -0.120. The quantitative estimate of drug-likeness (QED) is 0.694. The number of rotatable bonds is 2. The van der Waals surface area contributed by atoms with E-state index in [1.807, 2.05) is 0 Å². The fraction of sp³-hybridized carbons (Fsp3) is 0.900. The SMILES string of the molecule is CC(=O)N[C@@H]1CCCC[C@H]1N(C)C. The van der Waals surface area contributed by atoms with Crippen LogP contribution in [0.3, 0.4) is 0 Å². The normalized spacial score (nSPS) is 28.9. The van der Waals surface area contributed by atoms with E-state index >= 15 is 0 Å². The lowest BCUT2D eigenvalue weighted by atomic mass is 9.89. The van der Waals surface area contributed by atoms with Gasteiger partial charge >= 0.3 is 0 Å². The highest BCUT2D eigenvalue weighted by Gasteiger charge is 2.26. The third kappa shape index (κ3) is 2.99. The lowest BCUT2D eigenvalue weighted by Gasteiger charge is -2.36. The van der Waals surface area contributed by atoms with E-state index in [1.54, 1.807) is 6.92 Å². The van der Waals surface area contributed by atoms with Crippen molar-refractivity contribution in [3.05, 3.63) is 0 Å². The Kier molecular flexibility index (Phi) is 3.72. The monoisotopic (exact) mass is 184 g/mol. The van der Waals surface area contributed by atoms with Gasteiger partial charge in [0.15, 0.2) is 0 Å². The van der Waals surface area contributed by atoms with Crippen molar-refractivity contribution in [2.45, 2.75) is 44.7 Å². The number of nitrogens with one attached hydrogen (secondary N) is 1. The van der Waals surface area contributed by atoms with Crippen LogP contribution in [-0.2, 0) is 4.79 Å². The molecule has 1 aliphatic rings. The van der Waals surface area contributed by atoms with Gasteiger partial charge in [-0.2, -0.15) is 0 Å². The van der Waals surface area contributed by atoms with E-state index in [-0.39, 0.29) is 5.91 Å². The van der Waals surface area contributed by atoms with Crippen LogP contribution in [0.1, 0.15) is 32.6 Å². The second kappa shape index (κ2) is 4.61. The predicted octanol–water partition coefficient (Wildman–Crippen LogP) is 0.995. The number of hydrogen-bond acceptors (Lipinski definition) is 2. The van der Waals surface area contributed by atoms with Gasteiger partial charge in [0.05, 0.1) is 0 Å². The Bertz CT molecular complexity index is 180. The fourth-order valence-corrected chi connectivity index (χ4v) is 2.16. The first-order valence-electron chi connectivity index (χ1n) is 5.05. The van der Waals surface area contributed by atoms with Crippen LogP contribution in [0.2, 0.25) is 0 Å². The lowest BCUT2D eigenvalue weighted by Crippen LogP contribution is -2.50. The van der Waals surface area contributed by atoms with E-state index in [0.717, 1.165) is 6.42 Å². The second-order valence-electron chi connectivity index (χ2n) is 4.12. The minimum Gasteiger partial charge on any atom is -0.352 e. The number of hydrogen-bond donors (Lipinski definition) is 1. The number of carbonyl (C=O) groups is 1. The molecule has 76 valence electrons. The molecule has 0 bridgehead atoms. The van der Waals surface area contributed by atoms with Gasteiger partial charge in [0.2, 0.25) is 5.91 Å². The summed E-state index contributed by atoms with van der Waals surface area (Å²) in [5.74, 6) is 0.0961. The average Bonchev–Trinajstić information content (AvgIpc) is 2.03. The van der Waals surface area contributed by atoms with E-state index in [0.29, 0.717) is 12.1 Å². The average molecular weight is 184 g/mol. The van der Waals surface area contributed by atoms with E-state index in [9.17, 15) is 4.79 Å². The van der Waals surface area contributed by atoms with Crippen LogP contribution in [-0.4, -0.2) is 37.0 Å². The Morgan fingerprint density at radius 1 is 1.31 bits per heavy atom. The minimum atomic E-state index is 0.0961. The largest absolute Gasteiger partial charge is 0.352 e. The van der Waals surface area contributed by atoms with Gasteiger partial charge in [-0.1, -0.05) is 12.8 Å². The smallest absolute Gasteiger partial charge is 0.217 e. The van der Waals surface area contributed by atoms with Crippen LogP contribution in [0.4, 0.5) is 0 Å². The molecule has 2 atom stereocenters. The summed E-state index contributed by atoms with van der Waals surface area (Å²) in [5.41, 5.74) is 0. The summed E-state index contributed by atoms with van der Waals surface area (Å²) >= 11 is 0. The van der Waals surface area contributed by atoms with Crippen LogP contribution in [0.15, 0.2) is 0 Å². The molecule has 1 fully saturated rings. The molecule has 3 nitrogen and oxygen atoms in total. The Morgan fingerprint density at radius 3 is 2.46 bits per heavy atom. The molecule has 1 aliphatic carbocycles. The number of nitrogens with zero attached hydrogens (tertiary/aromatic N) is 1. The summed E-state index contributed by atoms with van der Waals surface area (Å²) in [6.07, 6.45) is 4.87. The summed E-state index contributed by atoms with van der Waals surface area (Å²) in [4.78, 5) is 13.2. The van der Waals surface area contributed by atoms with Crippen molar-refractivity contribution in [3.63, 3.8) is 0 Å².